The fourth-order valence-corrected chi connectivity index (χ4v) is 4.13. The summed E-state index contributed by atoms with van der Waals surface area (Å²) in [5.74, 6) is 0.246. The lowest BCUT2D eigenvalue weighted by Crippen LogP contribution is -2.38. The smallest absolute Gasteiger partial charge is 0.258 e. The van der Waals surface area contributed by atoms with Crippen molar-refractivity contribution in [3.8, 4) is 5.75 Å². The molecular weight excluding hydrogens is 379 g/mol. The Morgan fingerprint density at radius 3 is 2.80 bits per heavy atom. The molecule has 1 N–H and O–H groups in total. The van der Waals surface area contributed by atoms with E-state index in [0.717, 1.165) is 13.1 Å². The summed E-state index contributed by atoms with van der Waals surface area (Å²) in [6.45, 7) is 2.64. The third kappa shape index (κ3) is 5.11. The van der Waals surface area contributed by atoms with Gasteiger partial charge in [-0.2, -0.15) is 0 Å². The number of amides is 1. The maximum absolute atomic E-state index is 12.2. The maximum atomic E-state index is 12.2. The molecule has 1 aliphatic heterocycles. The first-order chi connectivity index (χ1) is 12.1. The van der Waals surface area contributed by atoms with Crippen LogP contribution in [0.5, 0.6) is 5.75 Å². The molecule has 25 heavy (non-hydrogen) atoms. The van der Waals surface area contributed by atoms with Gasteiger partial charge in [0.2, 0.25) is 0 Å². The molecule has 1 saturated heterocycles. The second-order valence-corrected chi connectivity index (χ2v) is 7.76. The molecule has 1 aromatic carbocycles. The summed E-state index contributed by atoms with van der Waals surface area (Å²) < 4.78 is 5.49. The predicted octanol–water partition coefficient (Wildman–Crippen LogP) is 4.39. The lowest BCUT2D eigenvalue weighted by molar-refractivity contribution is -0.123. The van der Waals surface area contributed by atoms with Crippen LogP contribution in [0.15, 0.2) is 35.7 Å². The summed E-state index contributed by atoms with van der Waals surface area (Å²) in [5, 5.41) is 6.01. The van der Waals surface area contributed by atoms with E-state index >= 15 is 0 Å². The van der Waals surface area contributed by atoms with Crippen molar-refractivity contribution in [3.05, 3.63) is 50.6 Å². The minimum atomic E-state index is -0.170. The van der Waals surface area contributed by atoms with E-state index in [4.69, 9.17) is 27.9 Å². The molecule has 0 bridgehead atoms. The quantitative estimate of drug-likeness (QED) is 0.751. The van der Waals surface area contributed by atoms with Crippen molar-refractivity contribution in [2.75, 3.05) is 26.2 Å². The minimum absolute atomic E-state index is 0.0861. The van der Waals surface area contributed by atoms with E-state index in [2.05, 4.69) is 27.7 Å². The number of nitrogens with zero attached hydrogens (tertiary/aromatic N) is 1. The Balaban J connectivity index is 1.53. The monoisotopic (exact) mass is 398 g/mol. The highest BCUT2D eigenvalue weighted by Crippen LogP contribution is 2.29. The van der Waals surface area contributed by atoms with Crippen LogP contribution >= 0.6 is 34.5 Å². The fraction of sp³-hybridized carbons (Fsp3) is 0.389. The molecule has 1 aromatic heterocycles. The lowest BCUT2D eigenvalue weighted by atomic mass is 10.2. The SMILES string of the molecule is O=C(COc1cc(Cl)ccc1Cl)NCC(c1cccs1)N1CCCC1. The molecule has 4 nitrogen and oxygen atoms in total. The maximum Gasteiger partial charge on any atom is 0.258 e. The Morgan fingerprint density at radius 2 is 2.08 bits per heavy atom. The zero-order valence-corrected chi connectivity index (χ0v) is 16.0. The van der Waals surface area contributed by atoms with Crippen LogP contribution in [0.25, 0.3) is 0 Å². The van der Waals surface area contributed by atoms with Crippen molar-refractivity contribution in [1.29, 1.82) is 0 Å². The second kappa shape index (κ2) is 8.90. The summed E-state index contributed by atoms with van der Waals surface area (Å²) in [6.07, 6.45) is 2.43. The van der Waals surface area contributed by atoms with Crippen LogP contribution in [-0.4, -0.2) is 37.0 Å². The number of rotatable bonds is 7. The van der Waals surface area contributed by atoms with Gasteiger partial charge in [0.15, 0.2) is 6.61 Å². The van der Waals surface area contributed by atoms with Crippen LogP contribution < -0.4 is 10.1 Å². The van der Waals surface area contributed by atoms with E-state index < -0.39 is 0 Å². The number of hydrogen-bond donors (Lipinski definition) is 1. The lowest BCUT2D eigenvalue weighted by Gasteiger charge is -2.26. The molecule has 1 unspecified atom stereocenters. The Morgan fingerprint density at radius 1 is 1.28 bits per heavy atom. The molecule has 1 atom stereocenters. The summed E-state index contributed by atoms with van der Waals surface area (Å²) in [4.78, 5) is 15.9. The second-order valence-electron chi connectivity index (χ2n) is 5.94. The first-order valence-corrected chi connectivity index (χ1v) is 9.89. The average molecular weight is 399 g/mol. The molecule has 0 radical (unpaired) electrons. The van der Waals surface area contributed by atoms with Gasteiger partial charge in [0.25, 0.3) is 5.91 Å². The van der Waals surface area contributed by atoms with Crippen LogP contribution in [0.3, 0.4) is 0 Å². The summed E-state index contributed by atoms with van der Waals surface area (Å²) in [7, 11) is 0. The molecule has 7 heteroatoms. The third-order valence-electron chi connectivity index (χ3n) is 4.20. The van der Waals surface area contributed by atoms with Gasteiger partial charge in [0.05, 0.1) is 11.1 Å². The predicted molar refractivity (Wildman–Crippen MR) is 103 cm³/mol. The Bertz CT molecular complexity index is 703. The van der Waals surface area contributed by atoms with Crippen LogP contribution in [0.1, 0.15) is 23.8 Å². The van der Waals surface area contributed by atoms with Crippen molar-refractivity contribution in [2.45, 2.75) is 18.9 Å². The summed E-state index contributed by atoms with van der Waals surface area (Å²) in [6, 6.07) is 9.34. The largest absolute Gasteiger partial charge is 0.482 e. The van der Waals surface area contributed by atoms with E-state index in [1.165, 1.54) is 17.7 Å². The Labute approximate surface area is 161 Å². The molecule has 134 valence electrons. The highest BCUT2D eigenvalue weighted by molar-refractivity contribution is 7.10. The molecule has 0 spiro atoms. The van der Waals surface area contributed by atoms with Gasteiger partial charge in [-0.05, 0) is 49.5 Å². The van der Waals surface area contributed by atoms with Crippen LogP contribution in [0.2, 0.25) is 10.0 Å². The normalized spacial score (nSPS) is 15.9. The zero-order valence-electron chi connectivity index (χ0n) is 13.7. The van der Waals surface area contributed by atoms with Crippen molar-refractivity contribution in [1.82, 2.24) is 10.2 Å². The van der Waals surface area contributed by atoms with E-state index in [9.17, 15) is 4.79 Å². The number of carbonyl (C=O) groups excluding carboxylic acids is 1. The molecule has 0 saturated carbocycles. The Hall–Kier alpha value is -1.27. The van der Waals surface area contributed by atoms with Crippen molar-refractivity contribution >= 4 is 40.4 Å². The highest BCUT2D eigenvalue weighted by Gasteiger charge is 2.24. The molecule has 3 rings (SSSR count). The van der Waals surface area contributed by atoms with Crippen molar-refractivity contribution < 1.29 is 9.53 Å². The summed E-state index contributed by atoms with van der Waals surface area (Å²) in [5.41, 5.74) is 0. The fourth-order valence-electron chi connectivity index (χ4n) is 2.94. The van der Waals surface area contributed by atoms with Gasteiger partial charge in [0, 0.05) is 22.5 Å². The zero-order chi connectivity index (χ0) is 17.6. The van der Waals surface area contributed by atoms with Crippen molar-refractivity contribution in [3.63, 3.8) is 0 Å². The Kier molecular flexibility index (Phi) is 6.59. The van der Waals surface area contributed by atoms with Gasteiger partial charge >= 0.3 is 0 Å². The average Bonchev–Trinajstić information content (AvgIpc) is 3.30. The number of likely N-dealkylation sites (tertiary alicyclic amines) is 1. The molecule has 2 heterocycles. The number of nitrogens with one attached hydrogen (secondary N) is 1. The molecule has 0 aliphatic carbocycles. The van der Waals surface area contributed by atoms with E-state index in [1.54, 1.807) is 29.5 Å². The first-order valence-electron chi connectivity index (χ1n) is 8.25. The van der Waals surface area contributed by atoms with Gasteiger partial charge in [-0.3, -0.25) is 9.69 Å². The van der Waals surface area contributed by atoms with Crippen LogP contribution in [-0.2, 0) is 4.79 Å². The van der Waals surface area contributed by atoms with Gasteiger partial charge in [-0.15, -0.1) is 11.3 Å². The molecule has 1 fully saturated rings. The van der Waals surface area contributed by atoms with E-state index in [0.29, 0.717) is 22.3 Å². The standard InChI is InChI=1S/C18H20Cl2N2O2S/c19-13-5-6-14(20)16(10-13)24-12-18(23)21-11-15(17-4-3-9-25-17)22-7-1-2-8-22/h3-6,9-10,15H,1-2,7-8,11-12H2,(H,21,23). The number of ether oxygens (including phenoxy) is 1. The van der Waals surface area contributed by atoms with Gasteiger partial charge in [-0.1, -0.05) is 29.3 Å². The molecule has 1 aliphatic rings. The number of hydrogen-bond acceptors (Lipinski definition) is 4. The number of benzene rings is 1. The van der Waals surface area contributed by atoms with Crippen molar-refractivity contribution in [2.24, 2.45) is 0 Å². The highest BCUT2D eigenvalue weighted by atomic mass is 35.5. The number of carbonyl (C=O) groups is 1. The first kappa shape index (κ1) is 18.5. The molecule has 2 aromatic rings. The van der Waals surface area contributed by atoms with E-state index in [-0.39, 0.29) is 18.6 Å². The van der Waals surface area contributed by atoms with Gasteiger partial charge < -0.3 is 10.1 Å². The van der Waals surface area contributed by atoms with Crippen LogP contribution in [0, 0.1) is 0 Å². The minimum Gasteiger partial charge on any atom is -0.482 e. The third-order valence-corrected chi connectivity index (χ3v) is 5.72. The van der Waals surface area contributed by atoms with Gasteiger partial charge in [-0.25, -0.2) is 0 Å². The molecule has 1 amide bonds. The van der Waals surface area contributed by atoms with Gasteiger partial charge in [0.1, 0.15) is 5.75 Å². The van der Waals surface area contributed by atoms with E-state index in [1.807, 2.05) is 0 Å². The summed E-state index contributed by atoms with van der Waals surface area (Å²) >= 11 is 13.7. The topological polar surface area (TPSA) is 41.6 Å². The number of thiophene rings is 1. The number of halogens is 2. The van der Waals surface area contributed by atoms with Crippen LogP contribution in [0.4, 0.5) is 0 Å². The molecular formula is C18H20Cl2N2O2S.